The largest absolute Gasteiger partial charge is 0.479 e. The number of nitrogens with one attached hydrogen (secondary N) is 1. The van der Waals surface area contributed by atoms with E-state index in [-0.39, 0.29) is 16.5 Å². The molecule has 13 heteroatoms. The molecule has 2 aliphatic heterocycles. The highest BCUT2D eigenvalue weighted by atomic mass is 35.5. The molecule has 0 radical (unpaired) electrons. The molecular formula is C28H29ClN2O8S2. The first-order valence-corrected chi connectivity index (χ1v) is 15.2. The second-order valence-electron chi connectivity index (χ2n) is 10.4. The number of carbonyl (C=O) groups is 3. The van der Waals surface area contributed by atoms with Crippen LogP contribution in [0.3, 0.4) is 0 Å². The molecule has 2 heterocycles. The van der Waals surface area contributed by atoms with Crippen LogP contribution in [0.1, 0.15) is 38.0 Å². The molecule has 2 aliphatic rings. The summed E-state index contributed by atoms with van der Waals surface area (Å²) >= 11 is 11.3. The van der Waals surface area contributed by atoms with E-state index in [4.69, 9.17) is 38.0 Å². The minimum Gasteiger partial charge on any atom is -0.479 e. The van der Waals surface area contributed by atoms with Crippen LogP contribution < -0.4 is 5.32 Å². The van der Waals surface area contributed by atoms with Crippen LogP contribution in [0.2, 0.25) is 0 Å². The molecule has 0 bridgehead atoms. The number of hydrogen-bond acceptors (Lipinski definition) is 9. The summed E-state index contributed by atoms with van der Waals surface area (Å²) in [6.07, 6.45) is -0.438. The Morgan fingerprint density at radius 1 is 1.07 bits per heavy atom. The van der Waals surface area contributed by atoms with Gasteiger partial charge in [0.2, 0.25) is 11.0 Å². The summed E-state index contributed by atoms with van der Waals surface area (Å²) in [4.78, 5) is 39.4. The Kier molecular flexibility index (Phi) is 9.05. The first-order chi connectivity index (χ1) is 19.3. The number of nitrogens with zero attached hydrogens (tertiary/aromatic N) is 1. The van der Waals surface area contributed by atoms with Gasteiger partial charge in [0.15, 0.2) is 27.4 Å². The van der Waals surface area contributed by atoms with Gasteiger partial charge in [0.25, 0.3) is 0 Å². The van der Waals surface area contributed by atoms with Crippen molar-refractivity contribution in [2.75, 3.05) is 12.4 Å². The minimum absolute atomic E-state index is 0.0533. The number of hydrogen-bond donors (Lipinski definition) is 1. The lowest BCUT2D eigenvalue weighted by molar-refractivity contribution is -0.151. The van der Waals surface area contributed by atoms with Gasteiger partial charge in [-0.25, -0.2) is 18.0 Å². The Labute approximate surface area is 248 Å². The highest BCUT2D eigenvalue weighted by Gasteiger charge is 2.57. The third kappa shape index (κ3) is 7.06. The molecule has 0 spiro atoms. The number of esters is 1. The van der Waals surface area contributed by atoms with Gasteiger partial charge in [-0.3, -0.25) is 9.69 Å². The maximum atomic E-state index is 13.5. The van der Waals surface area contributed by atoms with Crippen molar-refractivity contribution in [2.45, 2.75) is 49.3 Å². The summed E-state index contributed by atoms with van der Waals surface area (Å²) in [5, 5.41) is -0.256. The number of amides is 2. The van der Waals surface area contributed by atoms with E-state index < -0.39 is 62.9 Å². The zero-order valence-corrected chi connectivity index (χ0v) is 24.9. The molecule has 1 fully saturated rings. The third-order valence-corrected chi connectivity index (χ3v) is 8.87. The Bertz CT molecular complexity index is 1420. The van der Waals surface area contributed by atoms with Crippen LogP contribution in [0.25, 0.3) is 0 Å². The van der Waals surface area contributed by atoms with Gasteiger partial charge >= 0.3 is 12.1 Å². The zero-order chi connectivity index (χ0) is 29.9. The zero-order valence-electron chi connectivity index (χ0n) is 22.5. The van der Waals surface area contributed by atoms with Crippen molar-refractivity contribution in [1.82, 2.24) is 10.2 Å². The maximum Gasteiger partial charge on any atom is 0.408 e. The van der Waals surface area contributed by atoms with Gasteiger partial charge in [-0.15, -0.1) is 11.6 Å². The standard InChI is InChI=1S/C28H29ClN2O8S2/c1-28(2,3)39-27(34)30-19(16-37-26(40)20-14-15-41(35,36)24-21(29)23(32)31(20)24)25(33)38-22(17-10-6-4-7-11-17)18-12-8-5-9-13-18/h4-14,19,21-22,24H,15-16H2,1-3H3,(H,30,34)/t19?,21-,24?/m0/s1. The number of fused-ring (bicyclic) bond motifs is 1. The summed E-state index contributed by atoms with van der Waals surface area (Å²) in [6, 6.07) is 16.8. The smallest absolute Gasteiger partial charge is 0.408 e. The van der Waals surface area contributed by atoms with Crippen LogP contribution in [0, 0.1) is 0 Å². The van der Waals surface area contributed by atoms with Gasteiger partial charge in [0, 0.05) is 0 Å². The van der Waals surface area contributed by atoms with Crippen LogP contribution >= 0.6 is 23.8 Å². The van der Waals surface area contributed by atoms with E-state index in [0.717, 1.165) is 4.90 Å². The van der Waals surface area contributed by atoms with Gasteiger partial charge in [-0.2, -0.15) is 0 Å². The molecule has 1 N–H and O–H groups in total. The number of carbonyl (C=O) groups excluding carboxylic acids is 3. The van der Waals surface area contributed by atoms with Crippen LogP contribution in [-0.2, 0) is 33.6 Å². The van der Waals surface area contributed by atoms with E-state index in [9.17, 15) is 22.8 Å². The molecular weight excluding hydrogens is 592 g/mol. The molecule has 218 valence electrons. The summed E-state index contributed by atoms with van der Waals surface area (Å²) in [5.74, 6) is -1.86. The quantitative estimate of drug-likeness (QED) is 0.204. The summed E-state index contributed by atoms with van der Waals surface area (Å²) in [6.45, 7) is 4.51. The van der Waals surface area contributed by atoms with Crippen molar-refractivity contribution in [1.29, 1.82) is 0 Å². The number of β-lactam (4-membered cyclic amide) rings is 1. The van der Waals surface area contributed by atoms with Crippen LogP contribution in [-0.4, -0.2) is 71.1 Å². The number of sulfone groups is 1. The van der Waals surface area contributed by atoms with Crippen molar-refractivity contribution < 1.29 is 37.0 Å². The van der Waals surface area contributed by atoms with Crippen molar-refractivity contribution in [3.05, 3.63) is 83.6 Å². The first-order valence-electron chi connectivity index (χ1n) is 12.6. The normalized spacial score (nSPS) is 20.2. The summed E-state index contributed by atoms with van der Waals surface area (Å²) in [7, 11) is -3.68. The lowest BCUT2D eigenvalue weighted by atomic mass is 10.0. The molecule has 1 saturated heterocycles. The number of halogens is 1. The van der Waals surface area contributed by atoms with Crippen LogP contribution in [0.4, 0.5) is 4.79 Å². The van der Waals surface area contributed by atoms with E-state index in [0.29, 0.717) is 11.1 Å². The van der Waals surface area contributed by atoms with Gasteiger partial charge in [0.1, 0.15) is 17.6 Å². The second-order valence-corrected chi connectivity index (χ2v) is 13.3. The molecule has 0 aliphatic carbocycles. The topological polar surface area (TPSA) is 128 Å². The number of benzene rings is 2. The SMILES string of the molecule is CC(C)(C)OC(=O)NC(COC(=S)C1=CCS(=O)(=O)C2[C@@H](Cl)C(=O)N12)C(=O)OC(c1ccccc1)c1ccccc1. The average molecular weight is 621 g/mol. The number of alkyl carbamates (subject to hydrolysis) is 1. The second kappa shape index (κ2) is 12.2. The number of thiocarbonyl (C=S) groups is 1. The summed E-state index contributed by atoms with van der Waals surface area (Å²) < 4.78 is 41.6. The molecule has 2 aromatic rings. The predicted molar refractivity (Wildman–Crippen MR) is 155 cm³/mol. The van der Waals surface area contributed by atoms with E-state index in [1.165, 1.54) is 6.08 Å². The first kappa shape index (κ1) is 30.5. The maximum absolute atomic E-state index is 13.5. The van der Waals surface area contributed by atoms with Crippen molar-refractivity contribution in [3.63, 3.8) is 0 Å². The van der Waals surface area contributed by atoms with Gasteiger partial charge in [-0.05, 0) is 50.2 Å². The van der Waals surface area contributed by atoms with Crippen molar-refractivity contribution in [2.24, 2.45) is 0 Å². The van der Waals surface area contributed by atoms with Gasteiger partial charge in [-0.1, -0.05) is 60.7 Å². The van der Waals surface area contributed by atoms with E-state index in [1.54, 1.807) is 45.0 Å². The lowest BCUT2D eigenvalue weighted by Crippen LogP contribution is -2.67. The Hall–Kier alpha value is -3.48. The molecule has 2 amide bonds. The van der Waals surface area contributed by atoms with Crippen molar-refractivity contribution in [3.8, 4) is 0 Å². The Morgan fingerprint density at radius 3 is 2.17 bits per heavy atom. The highest BCUT2D eigenvalue weighted by Crippen LogP contribution is 2.37. The van der Waals surface area contributed by atoms with Gasteiger partial charge < -0.3 is 19.5 Å². The van der Waals surface area contributed by atoms with Crippen LogP contribution in [0.5, 0.6) is 0 Å². The molecule has 0 aromatic heterocycles. The molecule has 0 saturated carbocycles. The van der Waals surface area contributed by atoms with Crippen molar-refractivity contribution >= 4 is 56.7 Å². The van der Waals surface area contributed by atoms with E-state index in [1.807, 2.05) is 36.4 Å². The van der Waals surface area contributed by atoms with Gasteiger partial charge in [0.05, 0.1) is 11.4 Å². The Balaban J connectivity index is 1.54. The monoisotopic (exact) mass is 620 g/mol. The molecule has 10 nitrogen and oxygen atoms in total. The molecule has 2 unspecified atom stereocenters. The third-order valence-electron chi connectivity index (χ3n) is 6.12. The predicted octanol–water partition coefficient (Wildman–Crippen LogP) is 3.64. The average Bonchev–Trinajstić information content (AvgIpc) is 2.92. The molecule has 4 rings (SSSR count). The van der Waals surface area contributed by atoms with E-state index in [2.05, 4.69) is 5.32 Å². The number of ether oxygens (including phenoxy) is 3. The minimum atomic E-state index is -3.68. The Morgan fingerprint density at radius 2 is 1.63 bits per heavy atom. The fourth-order valence-electron chi connectivity index (χ4n) is 4.24. The fraction of sp³-hybridized carbons (Fsp3) is 0.357. The molecule has 2 aromatic carbocycles. The highest BCUT2D eigenvalue weighted by molar-refractivity contribution is 7.92. The van der Waals surface area contributed by atoms with Crippen LogP contribution in [0.15, 0.2) is 72.4 Å². The number of rotatable bonds is 8. The lowest BCUT2D eigenvalue weighted by Gasteiger charge is -2.46. The number of alkyl halides is 1. The molecule has 41 heavy (non-hydrogen) atoms. The molecule has 3 atom stereocenters. The summed E-state index contributed by atoms with van der Waals surface area (Å²) in [5.41, 5.74) is 0.601. The fourth-order valence-corrected chi connectivity index (χ4v) is 6.78. The van der Waals surface area contributed by atoms with E-state index >= 15 is 0 Å².